The molecule has 0 radical (unpaired) electrons. The second-order valence-corrected chi connectivity index (χ2v) is 16.6. The van der Waals surface area contributed by atoms with Gasteiger partial charge in [0.05, 0.1) is 0 Å². The van der Waals surface area contributed by atoms with Crippen molar-refractivity contribution in [2.45, 2.75) is 0 Å². The Balaban J connectivity index is 0.975. The van der Waals surface area contributed by atoms with Crippen LogP contribution in [0.2, 0.25) is 0 Å². The van der Waals surface area contributed by atoms with Crippen molar-refractivity contribution in [3.63, 3.8) is 0 Å². The fraction of sp³-hybridized carbons (Fsp3) is 0. The molecule has 9 aromatic carbocycles. The van der Waals surface area contributed by atoms with Crippen molar-refractivity contribution >= 4 is 80.1 Å². The van der Waals surface area contributed by atoms with E-state index in [2.05, 4.69) is 217 Å². The third kappa shape index (κ3) is 6.00. The summed E-state index contributed by atoms with van der Waals surface area (Å²) >= 11 is 3.81. The summed E-state index contributed by atoms with van der Waals surface area (Å²) in [5.41, 5.74) is 13.1. The lowest BCUT2D eigenvalue weighted by atomic mass is 9.95. The highest BCUT2D eigenvalue weighted by atomic mass is 32.1. The largest absolute Gasteiger partial charge is 0.311 e. The van der Waals surface area contributed by atoms with Crippen molar-refractivity contribution in [3.05, 3.63) is 212 Å². The Labute approximate surface area is 340 Å². The minimum atomic E-state index is 1.11. The maximum Gasteiger partial charge on any atom is 0.0462 e. The molecular weight excluding hydrogens is 727 g/mol. The van der Waals surface area contributed by atoms with Crippen molar-refractivity contribution in [2.75, 3.05) is 4.90 Å². The van der Waals surface area contributed by atoms with Crippen LogP contribution in [0.1, 0.15) is 0 Å². The molecule has 0 saturated carbocycles. The van der Waals surface area contributed by atoms with Crippen LogP contribution in [0.5, 0.6) is 0 Å². The second kappa shape index (κ2) is 14.1. The predicted octanol–water partition coefficient (Wildman–Crippen LogP) is 16.6. The molecule has 268 valence electrons. The van der Waals surface area contributed by atoms with Crippen molar-refractivity contribution in [2.24, 2.45) is 0 Å². The van der Waals surface area contributed by atoms with Gasteiger partial charge in [-0.25, -0.2) is 0 Å². The van der Waals surface area contributed by atoms with E-state index >= 15 is 0 Å². The van der Waals surface area contributed by atoms with Crippen molar-refractivity contribution in [1.82, 2.24) is 0 Å². The summed E-state index contributed by atoms with van der Waals surface area (Å²) in [5, 5.41) is 5.43. The first kappa shape index (κ1) is 33.5. The van der Waals surface area contributed by atoms with E-state index in [0.29, 0.717) is 0 Å². The minimum Gasteiger partial charge on any atom is -0.311 e. The SMILES string of the molecule is c1ccc(-c2ccc(N(c3ccc(-c4ccccc4)cc3)c3ccc(-c4cccc(-c5cccc6sc7ccc8c9ccccc9sc8c7c56)c4)cc3)cc2)cc1. The Kier molecular flexibility index (Phi) is 8.28. The number of thiophene rings is 2. The molecule has 0 aliphatic rings. The normalized spacial score (nSPS) is 11.5. The fourth-order valence-electron chi connectivity index (χ4n) is 8.31. The van der Waals surface area contributed by atoms with Crippen LogP contribution >= 0.6 is 22.7 Å². The first-order chi connectivity index (χ1) is 28.2. The van der Waals surface area contributed by atoms with E-state index in [1.165, 1.54) is 84.9 Å². The molecule has 0 fully saturated rings. The summed E-state index contributed by atoms with van der Waals surface area (Å²) in [6, 6.07) is 77.3. The third-order valence-corrected chi connectivity index (χ3v) is 13.4. The van der Waals surface area contributed by atoms with Gasteiger partial charge in [-0.05, 0) is 105 Å². The van der Waals surface area contributed by atoms with E-state index in [0.717, 1.165) is 17.1 Å². The molecule has 0 aliphatic carbocycles. The average molecular weight is 762 g/mol. The molecule has 3 heteroatoms. The molecule has 2 aromatic heterocycles. The molecule has 11 aromatic rings. The predicted molar refractivity (Wildman–Crippen MR) is 249 cm³/mol. The molecule has 0 bridgehead atoms. The Morgan fingerprint density at radius 2 is 0.754 bits per heavy atom. The van der Waals surface area contributed by atoms with Gasteiger partial charge in [0.25, 0.3) is 0 Å². The quantitative estimate of drug-likeness (QED) is 0.156. The third-order valence-electron chi connectivity index (χ3n) is 11.1. The zero-order chi connectivity index (χ0) is 37.7. The second-order valence-electron chi connectivity index (χ2n) is 14.5. The van der Waals surface area contributed by atoms with Crippen LogP contribution in [0.15, 0.2) is 212 Å². The molecular formula is C54H35NS2. The lowest BCUT2D eigenvalue weighted by Crippen LogP contribution is -2.09. The highest BCUT2D eigenvalue weighted by molar-refractivity contribution is 7.29. The first-order valence-corrected chi connectivity index (χ1v) is 21.0. The Morgan fingerprint density at radius 1 is 0.281 bits per heavy atom. The van der Waals surface area contributed by atoms with Gasteiger partial charge in [0.1, 0.15) is 0 Å². The zero-order valence-corrected chi connectivity index (χ0v) is 32.6. The number of benzene rings is 9. The summed E-state index contributed by atoms with van der Waals surface area (Å²) in [6.45, 7) is 0. The molecule has 0 unspecified atom stereocenters. The van der Waals surface area contributed by atoms with Crippen LogP contribution in [0, 0.1) is 0 Å². The van der Waals surface area contributed by atoms with Crippen LogP contribution in [0.25, 0.3) is 84.9 Å². The number of rotatable bonds is 7. The van der Waals surface area contributed by atoms with Gasteiger partial charge in [0, 0.05) is 57.4 Å². The smallest absolute Gasteiger partial charge is 0.0462 e. The molecule has 0 aliphatic heterocycles. The first-order valence-electron chi connectivity index (χ1n) is 19.3. The minimum absolute atomic E-state index is 1.11. The molecule has 0 amide bonds. The summed E-state index contributed by atoms with van der Waals surface area (Å²) in [4.78, 5) is 2.35. The number of hydrogen-bond donors (Lipinski definition) is 0. The number of nitrogens with zero attached hydrogens (tertiary/aromatic N) is 1. The van der Waals surface area contributed by atoms with E-state index < -0.39 is 0 Å². The highest BCUT2D eigenvalue weighted by Crippen LogP contribution is 2.47. The average Bonchev–Trinajstić information content (AvgIpc) is 3.87. The van der Waals surface area contributed by atoms with Crippen molar-refractivity contribution in [1.29, 1.82) is 0 Å². The van der Waals surface area contributed by atoms with Crippen LogP contribution in [-0.4, -0.2) is 0 Å². The summed E-state index contributed by atoms with van der Waals surface area (Å²) in [7, 11) is 0. The topological polar surface area (TPSA) is 3.24 Å². The van der Waals surface area contributed by atoms with Crippen molar-refractivity contribution in [3.8, 4) is 44.5 Å². The van der Waals surface area contributed by atoms with E-state index in [1.54, 1.807) is 0 Å². The Bertz CT molecular complexity index is 3110. The van der Waals surface area contributed by atoms with Gasteiger partial charge in [0.15, 0.2) is 0 Å². The van der Waals surface area contributed by atoms with E-state index in [-0.39, 0.29) is 0 Å². The van der Waals surface area contributed by atoms with Crippen LogP contribution in [0.4, 0.5) is 17.1 Å². The zero-order valence-electron chi connectivity index (χ0n) is 31.0. The van der Waals surface area contributed by atoms with E-state index in [4.69, 9.17) is 0 Å². The molecule has 57 heavy (non-hydrogen) atoms. The Hall–Kier alpha value is -6.78. The van der Waals surface area contributed by atoms with Gasteiger partial charge >= 0.3 is 0 Å². The molecule has 0 saturated heterocycles. The van der Waals surface area contributed by atoms with Gasteiger partial charge < -0.3 is 4.90 Å². The Morgan fingerprint density at radius 3 is 1.39 bits per heavy atom. The van der Waals surface area contributed by atoms with Gasteiger partial charge in [0.2, 0.25) is 0 Å². The number of anilines is 3. The van der Waals surface area contributed by atoms with E-state index in [9.17, 15) is 0 Å². The van der Waals surface area contributed by atoms with Gasteiger partial charge in [-0.3, -0.25) is 0 Å². The monoisotopic (exact) mass is 761 g/mol. The van der Waals surface area contributed by atoms with Gasteiger partial charge in [-0.15, -0.1) is 22.7 Å². The maximum atomic E-state index is 2.36. The van der Waals surface area contributed by atoms with Crippen LogP contribution in [0.3, 0.4) is 0 Å². The summed E-state index contributed by atoms with van der Waals surface area (Å²) < 4.78 is 5.40. The van der Waals surface area contributed by atoms with E-state index in [1.807, 2.05) is 22.7 Å². The standard InChI is InChI=1S/C54H35NS2/c1-3-11-36(12-4-1)38-21-27-43(28-22-38)55(44-29-23-39(24-30-44)37-13-5-2-6-14-37)45-31-25-40(26-32-45)41-15-9-16-42(35-41)46-18-10-20-50-52(46)53-51(56-50)34-33-48-47-17-7-8-19-49(47)57-54(48)53/h1-35H. The molecule has 1 nitrogen and oxygen atoms in total. The fourth-order valence-corrected chi connectivity index (χ4v) is 10.8. The van der Waals surface area contributed by atoms with Gasteiger partial charge in [-0.1, -0.05) is 152 Å². The molecule has 0 atom stereocenters. The molecule has 0 N–H and O–H groups in total. The number of fused-ring (bicyclic) bond motifs is 7. The van der Waals surface area contributed by atoms with Crippen LogP contribution in [-0.2, 0) is 0 Å². The highest BCUT2D eigenvalue weighted by Gasteiger charge is 2.18. The molecule has 0 spiro atoms. The molecule has 11 rings (SSSR count). The van der Waals surface area contributed by atoms with Crippen LogP contribution < -0.4 is 4.90 Å². The molecule has 2 heterocycles. The lowest BCUT2D eigenvalue weighted by Gasteiger charge is -2.26. The lowest BCUT2D eigenvalue weighted by molar-refractivity contribution is 1.28. The summed E-state index contributed by atoms with van der Waals surface area (Å²) in [6.07, 6.45) is 0. The van der Waals surface area contributed by atoms with Crippen molar-refractivity contribution < 1.29 is 0 Å². The summed E-state index contributed by atoms with van der Waals surface area (Å²) in [5.74, 6) is 0. The maximum absolute atomic E-state index is 2.36. The van der Waals surface area contributed by atoms with Gasteiger partial charge in [-0.2, -0.15) is 0 Å². The number of hydrogen-bond acceptors (Lipinski definition) is 3.